The molecule has 2 rings (SSSR count). The molecule has 0 saturated carbocycles. The highest BCUT2D eigenvalue weighted by Crippen LogP contribution is 2.28. The number of rotatable bonds is 7. The number of ketones is 1. The van der Waals surface area contributed by atoms with E-state index in [4.69, 9.17) is 9.47 Å². The largest absolute Gasteiger partial charge is 0.490 e. The first-order chi connectivity index (χ1) is 11.1. The molecule has 120 valence electrons. The number of allylic oxidation sites excluding steroid dienone is 1. The van der Waals surface area contributed by atoms with Crippen LogP contribution < -0.4 is 9.47 Å². The predicted molar refractivity (Wildman–Crippen MR) is 93.3 cm³/mol. The molecule has 0 N–H and O–H groups in total. The first-order valence-corrected chi connectivity index (χ1v) is 7.82. The summed E-state index contributed by atoms with van der Waals surface area (Å²) in [5.74, 6) is 1.20. The molecule has 0 atom stereocenters. The van der Waals surface area contributed by atoms with Gasteiger partial charge in [-0.05, 0) is 50.6 Å². The fraction of sp³-hybridized carbons (Fsp3) is 0.250. The van der Waals surface area contributed by atoms with Gasteiger partial charge in [0.05, 0.1) is 13.2 Å². The van der Waals surface area contributed by atoms with Crippen LogP contribution in [0.5, 0.6) is 11.5 Å². The van der Waals surface area contributed by atoms with Gasteiger partial charge in [0.2, 0.25) is 0 Å². The van der Waals surface area contributed by atoms with Crippen LogP contribution in [-0.4, -0.2) is 19.0 Å². The monoisotopic (exact) mass is 310 g/mol. The minimum absolute atomic E-state index is 0.0606. The van der Waals surface area contributed by atoms with Crippen molar-refractivity contribution in [3.8, 4) is 11.5 Å². The average Bonchev–Trinajstić information content (AvgIpc) is 2.56. The Morgan fingerprint density at radius 1 is 0.957 bits per heavy atom. The lowest BCUT2D eigenvalue weighted by Crippen LogP contribution is -2.01. The predicted octanol–water partition coefficient (Wildman–Crippen LogP) is 4.69. The summed E-state index contributed by atoms with van der Waals surface area (Å²) in [6.07, 6.45) is 3.40. The molecule has 0 unspecified atom stereocenters. The topological polar surface area (TPSA) is 35.5 Å². The summed E-state index contributed by atoms with van der Waals surface area (Å²) in [7, 11) is 0. The summed E-state index contributed by atoms with van der Waals surface area (Å²) in [6.45, 7) is 6.94. The summed E-state index contributed by atoms with van der Waals surface area (Å²) in [6, 6.07) is 13.3. The van der Waals surface area contributed by atoms with Gasteiger partial charge in [0.1, 0.15) is 0 Å². The standard InChI is InChI=1S/C20H22O3/c1-4-22-19-13-11-17(14-20(19)23-5-2)18(21)12-10-16-8-6-15(3)7-9-16/h6-14H,4-5H2,1-3H3. The molecule has 0 amide bonds. The molecular weight excluding hydrogens is 288 g/mol. The highest BCUT2D eigenvalue weighted by atomic mass is 16.5. The van der Waals surface area contributed by atoms with Crippen molar-refractivity contribution < 1.29 is 14.3 Å². The van der Waals surface area contributed by atoms with E-state index in [1.807, 2.05) is 51.1 Å². The van der Waals surface area contributed by atoms with E-state index in [2.05, 4.69) is 0 Å². The number of hydrogen-bond donors (Lipinski definition) is 0. The minimum Gasteiger partial charge on any atom is -0.490 e. The number of carbonyl (C=O) groups excluding carboxylic acids is 1. The Morgan fingerprint density at radius 3 is 2.26 bits per heavy atom. The maximum Gasteiger partial charge on any atom is 0.185 e. The number of benzene rings is 2. The molecule has 0 heterocycles. The summed E-state index contributed by atoms with van der Waals surface area (Å²) < 4.78 is 11.1. The van der Waals surface area contributed by atoms with Crippen molar-refractivity contribution in [1.29, 1.82) is 0 Å². The van der Waals surface area contributed by atoms with E-state index in [1.54, 1.807) is 24.3 Å². The number of carbonyl (C=O) groups is 1. The Balaban J connectivity index is 2.18. The Hall–Kier alpha value is -2.55. The van der Waals surface area contributed by atoms with Gasteiger partial charge in [-0.25, -0.2) is 0 Å². The van der Waals surface area contributed by atoms with Crippen molar-refractivity contribution in [3.05, 3.63) is 65.2 Å². The van der Waals surface area contributed by atoms with Crippen LogP contribution in [-0.2, 0) is 0 Å². The average molecular weight is 310 g/mol. The Kier molecular flexibility index (Phi) is 5.98. The van der Waals surface area contributed by atoms with Gasteiger partial charge in [-0.15, -0.1) is 0 Å². The van der Waals surface area contributed by atoms with Crippen LogP contribution >= 0.6 is 0 Å². The molecule has 0 aliphatic rings. The molecule has 2 aromatic rings. The Morgan fingerprint density at radius 2 is 1.61 bits per heavy atom. The van der Waals surface area contributed by atoms with Gasteiger partial charge in [0.15, 0.2) is 17.3 Å². The zero-order chi connectivity index (χ0) is 16.7. The molecule has 23 heavy (non-hydrogen) atoms. The van der Waals surface area contributed by atoms with Crippen LogP contribution in [0.15, 0.2) is 48.5 Å². The lowest BCUT2D eigenvalue weighted by atomic mass is 10.1. The third-order valence-electron chi connectivity index (χ3n) is 3.33. The van der Waals surface area contributed by atoms with Gasteiger partial charge >= 0.3 is 0 Å². The van der Waals surface area contributed by atoms with Crippen LogP contribution in [0.3, 0.4) is 0 Å². The third-order valence-corrected chi connectivity index (χ3v) is 3.33. The van der Waals surface area contributed by atoms with Crippen LogP contribution in [0.1, 0.15) is 35.3 Å². The number of ether oxygens (including phenoxy) is 2. The molecular formula is C20H22O3. The zero-order valence-corrected chi connectivity index (χ0v) is 13.8. The molecule has 0 fully saturated rings. The van der Waals surface area contributed by atoms with Gasteiger partial charge in [0, 0.05) is 5.56 Å². The van der Waals surface area contributed by atoms with Crippen molar-refractivity contribution in [2.45, 2.75) is 20.8 Å². The van der Waals surface area contributed by atoms with E-state index in [0.29, 0.717) is 30.3 Å². The van der Waals surface area contributed by atoms with E-state index in [1.165, 1.54) is 5.56 Å². The quantitative estimate of drug-likeness (QED) is 0.550. The van der Waals surface area contributed by atoms with Crippen LogP contribution in [0.2, 0.25) is 0 Å². The zero-order valence-electron chi connectivity index (χ0n) is 13.8. The molecule has 0 aromatic heterocycles. The maximum atomic E-state index is 12.3. The lowest BCUT2D eigenvalue weighted by Gasteiger charge is -2.11. The van der Waals surface area contributed by atoms with Gasteiger partial charge in [-0.2, -0.15) is 0 Å². The molecule has 0 bridgehead atoms. The molecule has 3 nitrogen and oxygen atoms in total. The van der Waals surface area contributed by atoms with Crippen LogP contribution in [0.25, 0.3) is 6.08 Å². The number of aryl methyl sites for hydroxylation is 1. The van der Waals surface area contributed by atoms with Crippen molar-refractivity contribution >= 4 is 11.9 Å². The van der Waals surface area contributed by atoms with Gasteiger partial charge in [-0.1, -0.05) is 35.9 Å². The Labute approximate surface area is 137 Å². The first kappa shape index (κ1) is 16.8. The van der Waals surface area contributed by atoms with E-state index in [9.17, 15) is 4.79 Å². The molecule has 0 aliphatic carbocycles. The normalized spacial score (nSPS) is 10.7. The highest BCUT2D eigenvalue weighted by Gasteiger charge is 2.09. The first-order valence-electron chi connectivity index (χ1n) is 7.82. The molecule has 2 aromatic carbocycles. The van der Waals surface area contributed by atoms with Crippen molar-refractivity contribution in [2.24, 2.45) is 0 Å². The maximum absolute atomic E-state index is 12.3. The number of hydrogen-bond acceptors (Lipinski definition) is 3. The fourth-order valence-corrected chi connectivity index (χ4v) is 2.15. The summed E-state index contributed by atoms with van der Waals surface area (Å²) >= 11 is 0. The summed E-state index contributed by atoms with van der Waals surface area (Å²) in [4.78, 5) is 12.3. The molecule has 0 saturated heterocycles. The van der Waals surface area contributed by atoms with E-state index >= 15 is 0 Å². The lowest BCUT2D eigenvalue weighted by molar-refractivity contribution is 0.104. The second kappa shape index (κ2) is 8.18. The Bertz CT molecular complexity index is 685. The van der Waals surface area contributed by atoms with Crippen molar-refractivity contribution in [1.82, 2.24) is 0 Å². The summed E-state index contributed by atoms with van der Waals surface area (Å²) in [5, 5.41) is 0. The second-order valence-corrected chi connectivity index (χ2v) is 5.14. The van der Waals surface area contributed by atoms with Crippen molar-refractivity contribution in [2.75, 3.05) is 13.2 Å². The van der Waals surface area contributed by atoms with E-state index in [-0.39, 0.29) is 5.78 Å². The highest BCUT2D eigenvalue weighted by molar-refractivity contribution is 6.07. The van der Waals surface area contributed by atoms with Gasteiger partial charge < -0.3 is 9.47 Å². The van der Waals surface area contributed by atoms with Crippen LogP contribution in [0, 0.1) is 6.92 Å². The summed E-state index contributed by atoms with van der Waals surface area (Å²) in [5.41, 5.74) is 2.78. The fourth-order valence-electron chi connectivity index (χ4n) is 2.15. The van der Waals surface area contributed by atoms with E-state index in [0.717, 1.165) is 5.56 Å². The molecule has 3 heteroatoms. The SMILES string of the molecule is CCOc1ccc(C(=O)C=Cc2ccc(C)cc2)cc1OCC. The smallest absolute Gasteiger partial charge is 0.185 e. The van der Waals surface area contributed by atoms with Gasteiger partial charge in [-0.3, -0.25) is 4.79 Å². The molecule has 0 aliphatic heterocycles. The minimum atomic E-state index is -0.0606. The molecule has 0 spiro atoms. The molecule has 0 radical (unpaired) electrons. The van der Waals surface area contributed by atoms with E-state index < -0.39 is 0 Å². The second-order valence-electron chi connectivity index (χ2n) is 5.14. The van der Waals surface area contributed by atoms with Crippen molar-refractivity contribution in [3.63, 3.8) is 0 Å². The van der Waals surface area contributed by atoms with Gasteiger partial charge in [0.25, 0.3) is 0 Å². The third kappa shape index (κ3) is 4.71. The van der Waals surface area contributed by atoms with Crippen LogP contribution in [0.4, 0.5) is 0 Å².